The summed E-state index contributed by atoms with van der Waals surface area (Å²) in [5.74, 6) is 0.682. The fraction of sp³-hybridized carbons (Fsp3) is 0.438. The molecule has 0 amide bonds. The third-order valence-corrected chi connectivity index (χ3v) is 5.02. The Kier molecular flexibility index (Phi) is 3.85. The summed E-state index contributed by atoms with van der Waals surface area (Å²) < 4.78 is 13.3. The topological polar surface area (TPSA) is 33.1 Å². The maximum atomic E-state index is 13.3. The van der Waals surface area contributed by atoms with Crippen LogP contribution in [-0.2, 0) is 13.0 Å². The van der Waals surface area contributed by atoms with Crippen LogP contribution < -0.4 is 0 Å². The zero-order valence-corrected chi connectivity index (χ0v) is 12.3. The van der Waals surface area contributed by atoms with Crippen LogP contribution in [0.2, 0.25) is 0 Å². The van der Waals surface area contributed by atoms with Crippen molar-refractivity contribution < 1.29 is 9.50 Å². The van der Waals surface area contributed by atoms with Crippen molar-refractivity contribution in [2.45, 2.75) is 39.2 Å². The molecule has 0 radical (unpaired) electrons. The molecule has 0 atom stereocenters. The molecule has 1 aliphatic carbocycles. The minimum Gasteiger partial charge on any atom is -0.390 e. The van der Waals surface area contributed by atoms with Gasteiger partial charge in [0.05, 0.1) is 12.3 Å². The van der Waals surface area contributed by atoms with Gasteiger partial charge in [-0.3, -0.25) is 0 Å². The molecule has 1 aromatic carbocycles. The van der Waals surface area contributed by atoms with Gasteiger partial charge in [0.2, 0.25) is 0 Å². The fourth-order valence-corrected chi connectivity index (χ4v) is 3.43. The maximum Gasteiger partial charge on any atom is 0.126 e. The minimum absolute atomic E-state index is 0.0172. The molecule has 0 spiro atoms. The number of aryl methyl sites for hydroxylation is 2. The largest absolute Gasteiger partial charge is 0.390 e. The number of aliphatic hydroxyl groups excluding tert-OH is 1. The summed E-state index contributed by atoms with van der Waals surface area (Å²) in [5.41, 5.74) is 2.34. The van der Waals surface area contributed by atoms with Crippen molar-refractivity contribution in [1.82, 2.24) is 4.98 Å². The van der Waals surface area contributed by atoms with E-state index in [0.717, 1.165) is 28.6 Å². The number of aromatic nitrogens is 1. The van der Waals surface area contributed by atoms with E-state index in [0.29, 0.717) is 5.56 Å². The average molecular weight is 291 g/mol. The number of aliphatic hydroxyl groups is 1. The van der Waals surface area contributed by atoms with Crippen LogP contribution in [0.3, 0.4) is 0 Å². The lowest BCUT2D eigenvalue weighted by molar-refractivity contribution is 0.276. The number of thiazole rings is 1. The Morgan fingerprint density at radius 3 is 2.85 bits per heavy atom. The molecule has 0 bridgehead atoms. The summed E-state index contributed by atoms with van der Waals surface area (Å²) in [5, 5.41) is 10.3. The molecule has 1 aromatic heterocycles. The lowest BCUT2D eigenvalue weighted by atomic mass is 10.1. The highest BCUT2D eigenvalue weighted by atomic mass is 32.1. The quantitative estimate of drug-likeness (QED) is 0.900. The minimum atomic E-state index is -0.193. The molecule has 2 aromatic rings. The summed E-state index contributed by atoms with van der Waals surface area (Å²) >= 11 is 1.63. The van der Waals surface area contributed by atoms with Crippen molar-refractivity contribution in [2.24, 2.45) is 5.92 Å². The van der Waals surface area contributed by atoms with E-state index in [9.17, 15) is 9.50 Å². The molecule has 1 fully saturated rings. The van der Waals surface area contributed by atoms with Crippen LogP contribution in [0.25, 0.3) is 10.6 Å². The lowest BCUT2D eigenvalue weighted by Gasteiger charge is -1.99. The molecule has 2 nitrogen and oxygen atoms in total. The first kappa shape index (κ1) is 13.7. The lowest BCUT2D eigenvalue weighted by Crippen LogP contribution is -1.91. The summed E-state index contributed by atoms with van der Waals surface area (Å²) in [6, 6.07) is 5.06. The Morgan fingerprint density at radius 1 is 1.40 bits per heavy atom. The monoisotopic (exact) mass is 291 g/mol. The fourth-order valence-electron chi connectivity index (χ4n) is 2.35. The van der Waals surface area contributed by atoms with Gasteiger partial charge in [-0.2, -0.15) is 0 Å². The number of hydrogen-bond donors (Lipinski definition) is 1. The number of hydrogen-bond acceptors (Lipinski definition) is 3. The van der Waals surface area contributed by atoms with E-state index >= 15 is 0 Å². The third kappa shape index (κ3) is 2.91. The summed E-state index contributed by atoms with van der Waals surface area (Å²) in [4.78, 5) is 5.69. The highest BCUT2D eigenvalue weighted by molar-refractivity contribution is 7.15. The highest BCUT2D eigenvalue weighted by Crippen LogP contribution is 2.36. The summed E-state index contributed by atoms with van der Waals surface area (Å²) in [6.45, 7) is 1.74. The Morgan fingerprint density at radius 2 is 2.20 bits per heavy atom. The van der Waals surface area contributed by atoms with E-state index in [-0.39, 0.29) is 12.4 Å². The Balaban J connectivity index is 1.86. The van der Waals surface area contributed by atoms with E-state index in [1.165, 1.54) is 30.2 Å². The van der Waals surface area contributed by atoms with Gasteiger partial charge in [0.1, 0.15) is 10.8 Å². The van der Waals surface area contributed by atoms with Crippen molar-refractivity contribution in [2.75, 3.05) is 0 Å². The molecular formula is C16H18FNOS. The summed E-state index contributed by atoms with van der Waals surface area (Å²) in [6.07, 6.45) is 4.88. The van der Waals surface area contributed by atoms with Crippen molar-refractivity contribution in [3.63, 3.8) is 0 Å². The van der Waals surface area contributed by atoms with Crippen LogP contribution in [0.15, 0.2) is 18.2 Å². The molecule has 1 heterocycles. The Hall–Kier alpha value is -1.26. The molecular weight excluding hydrogens is 273 g/mol. The van der Waals surface area contributed by atoms with Gasteiger partial charge in [-0.05, 0) is 49.4 Å². The summed E-state index contributed by atoms with van der Waals surface area (Å²) in [7, 11) is 0. The van der Waals surface area contributed by atoms with Crippen LogP contribution >= 0.6 is 11.3 Å². The van der Waals surface area contributed by atoms with E-state index in [1.807, 2.05) is 6.07 Å². The number of halogens is 1. The zero-order valence-electron chi connectivity index (χ0n) is 11.5. The Labute approximate surface area is 122 Å². The first-order valence-corrected chi connectivity index (χ1v) is 7.85. The second-order valence-corrected chi connectivity index (χ2v) is 6.58. The number of rotatable bonds is 5. The maximum absolute atomic E-state index is 13.3. The highest BCUT2D eigenvalue weighted by Gasteiger charge is 2.22. The van der Waals surface area contributed by atoms with Gasteiger partial charge < -0.3 is 5.11 Å². The smallest absolute Gasteiger partial charge is 0.126 e. The molecule has 1 saturated carbocycles. The molecule has 106 valence electrons. The van der Waals surface area contributed by atoms with Gasteiger partial charge in [0.15, 0.2) is 0 Å². The van der Waals surface area contributed by atoms with Crippen LogP contribution in [0, 0.1) is 18.7 Å². The molecule has 20 heavy (non-hydrogen) atoms. The van der Waals surface area contributed by atoms with Crippen LogP contribution in [-0.4, -0.2) is 10.1 Å². The molecule has 4 heteroatoms. The zero-order chi connectivity index (χ0) is 14.1. The van der Waals surface area contributed by atoms with Crippen molar-refractivity contribution in [3.05, 3.63) is 40.2 Å². The predicted octanol–water partition coefficient (Wildman–Crippen LogP) is 4.09. The average Bonchev–Trinajstić information content (AvgIpc) is 3.18. The van der Waals surface area contributed by atoms with Gasteiger partial charge in [-0.25, -0.2) is 9.37 Å². The molecule has 0 aliphatic heterocycles. The SMILES string of the molecule is Cc1cc(-c2nc(CO)c(CCC3CC3)s2)ccc1F. The second kappa shape index (κ2) is 5.62. The van der Waals surface area contributed by atoms with Crippen molar-refractivity contribution in [3.8, 4) is 10.6 Å². The van der Waals surface area contributed by atoms with E-state index in [2.05, 4.69) is 4.98 Å². The first-order valence-electron chi connectivity index (χ1n) is 7.03. The molecule has 1 aliphatic rings. The number of benzene rings is 1. The van der Waals surface area contributed by atoms with Gasteiger partial charge in [-0.15, -0.1) is 11.3 Å². The first-order chi connectivity index (χ1) is 9.67. The molecule has 0 saturated heterocycles. The van der Waals surface area contributed by atoms with E-state index < -0.39 is 0 Å². The van der Waals surface area contributed by atoms with Crippen LogP contribution in [0.1, 0.15) is 35.4 Å². The standard InChI is InChI=1S/C16H18FNOS/c1-10-8-12(5-6-13(10)17)16-18-14(9-19)15(20-16)7-4-11-2-3-11/h5-6,8,11,19H,2-4,7,9H2,1H3. The van der Waals surface area contributed by atoms with Gasteiger partial charge in [0, 0.05) is 10.4 Å². The molecule has 1 N–H and O–H groups in total. The van der Waals surface area contributed by atoms with Gasteiger partial charge >= 0.3 is 0 Å². The third-order valence-electron chi connectivity index (χ3n) is 3.81. The van der Waals surface area contributed by atoms with Gasteiger partial charge in [-0.1, -0.05) is 12.8 Å². The second-order valence-electron chi connectivity index (χ2n) is 5.49. The van der Waals surface area contributed by atoms with Crippen molar-refractivity contribution >= 4 is 11.3 Å². The predicted molar refractivity (Wildman–Crippen MR) is 79.2 cm³/mol. The van der Waals surface area contributed by atoms with E-state index in [4.69, 9.17) is 0 Å². The van der Waals surface area contributed by atoms with Crippen LogP contribution in [0.5, 0.6) is 0 Å². The Bertz CT molecular complexity index is 619. The van der Waals surface area contributed by atoms with Crippen molar-refractivity contribution in [1.29, 1.82) is 0 Å². The molecule has 3 rings (SSSR count). The number of nitrogens with zero attached hydrogens (tertiary/aromatic N) is 1. The van der Waals surface area contributed by atoms with Gasteiger partial charge in [0.25, 0.3) is 0 Å². The normalized spacial score (nSPS) is 14.8. The van der Waals surface area contributed by atoms with Crippen LogP contribution in [0.4, 0.5) is 4.39 Å². The van der Waals surface area contributed by atoms with E-state index in [1.54, 1.807) is 24.3 Å². The molecule has 0 unspecified atom stereocenters.